The second kappa shape index (κ2) is 5.84. The van der Waals surface area contributed by atoms with Gasteiger partial charge in [-0.1, -0.05) is 31.0 Å². The molecule has 1 N–H and O–H groups in total. The highest BCUT2D eigenvalue weighted by molar-refractivity contribution is 5.91. The van der Waals surface area contributed by atoms with Gasteiger partial charge in [0, 0.05) is 12.6 Å². The minimum absolute atomic E-state index is 0.306. The van der Waals surface area contributed by atoms with Gasteiger partial charge in [0.1, 0.15) is 11.9 Å². The molecule has 1 amide bonds. The quantitative estimate of drug-likeness (QED) is 0.928. The molecule has 0 radical (unpaired) electrons. The van der Waals surface area contributed by atoms with E-state index in [1.54, 1.807) is 18.2 Å². The average molecular weight is 293 g/mol. The van der Waals surface area contributed by atoms with Crippen LogP contribution in [0.15, 0.2) is 24.3 Å². The van der Waals surface area contributed by atoms with Crippen LogP contribution >= 0.6 is 0 Å². The normalized spacial score (nSPS) is 18.2. The number of rotatable bonds is 4. The Balaban J connectivity index is 2.42. The van der Waals surface area contributed by atoms with Gasteiger partial charge in [-0.05, 0) is 25.8 Å². The van der Waals surface area contributed by atoms with Crippen LogP contribution in [0.4, 0.5) is 4.39 Å². The zero-order chi connectivity index (χ0) is 15.6. The maximum atomic E-state index is 14.2. The molecule has 1 aromatic carbocycles. The summed E-state index contributed by atoms with van der Waals surface area (Å²) in [6.07, 6.45) is 2.80. The van der Waals surface area contributed by atoms with E-state index in [2.05, 4.69) is 0 Å². The number of carbonyl (C=O) groups is 2. The smallest absolute Gasteiger partial charge is 0.326 e. The number of halogens is 1. The summed E-state index contributed by atoms with van der Waals surface area (Å²) >= 11 is 0. The van der Waals surface area contributed by atoms with E-state index < -0.39 is 23.2 Å². The summed E-state index contributed by atoms with van der Waals surface area (Å²) in [4.78, 5) is 25.2. The number of hydrogen-bond donors (Lipinski definition) is 1. The number of carboxylic acids is 1. The summed E-state index contributed by atoms with van der Waals surface area (Å²) in [6.45, 7) is 1.46. The second-order valence-corrected chi connectivity index (χ2v) is 5.70. The molecule has 1 aliphatic carbocycles. The van der Waals surface area contributed by atoms with E-state index >= 15 is 0 Å². The van der Waals surface area contributed by atoms with Crippen molar-refractivity contribution in [1.82, 2.24) is 4.90 Å². The molecular formula is C16H20FNO3. The van der Waals surface area contributed by atoms with Crippen LogP contribution in [0.5, 0.6) is 0 Å². The molecule has 1 atom stereocenters. The molecule has 1 saturated carbocycles. The zero-order valence-corrected chi connectivity index (χ0v) is 12.3. The zero-order valence-electron chi connectivity index (χ0n) is 12.3. The van der Waals surface area contributed by atoms with E-state index in [1.807, 2.05) is 0 Å². The molecule has 1 fully saturated rings. The highest BCUT2D eigenvalue weighted by Gasteiger charge is 2.46. The van der Waals surface area contributed by atoms with Crippen LogP contribution in [-0.4, -0.2) is 35.0 Å². The van der Waals surface area contributed by atoms with Crippen LogP contribution in [0.1, 0.15) is 38.2 Å². The van der Waals surface area contributed by atoms with Gasteiger partial charge in [-0.15, -0.1) is 0 Å². The highest BCUT2D eigenvalue weighted by atomic mass is 19.1. The van der Waals surface area contributed by atoms with Crippen LogP contribution in [0, 0.1) is 5.82 Å². The predicted octanol–water partition coefficient (Wildman–Crippen LogP) is 2.57. The molecule has 0 spiro atoms. The number of carboxylic acid groups (broad SMARTS) is 1. The lowest BCUT2D eigenvalue weighted by molar-refractivity contribution is -0.150. The van der Waals surface area contributed by atoms with Crippen molar-refractivity contribution in [2.75, 3.05) is 7.05 Å². The van der Waals surface area contributed by atoms with Crippen molar-refractivity contribution in [3.05, 3.63) is 35.6 Å². The number of hydrogen-bond acceptors (Lipinski definition) is 2. The lowest BCUT2D eigenvalue weighted by Crippen LogP contribution is -2.49. The van der Waals surface area contributed by atoms with E-state index in [1.165, 1.54) is 24.9 Å². The summed E-state index contributed by atoms with van der Waals surface area (Å²) in [5.74, 6) is -1.77. The van der Waals surface area contributed by atoms with Gasteiger partial charge in [-0.3, -0.25) is 4.79 Å². The Labute approximate surface area is 123 Å². The maximum absolute atomic E-state index is 14.2. The fourth-order valence-corrected chi connectivity index (χ4v) is 3.11. The van der Waals surface area contributed by atoms with Gasteiger partial charge in [-0.25, -0.2) is 9.18 Å². The van der Waals surface area contributed by atoms with Crippen LogP contribution < -0.4 is 0 Å². The fraction of sp³-hybridized carbons (Fsp3) is 0.500. The number of carbonyl (C=O) groups excluding carboxylic acids is 1. The Morgan fingerprint density at radius 2 is 1.86 bits per heavy atom. The molecule has 1 unspecified atom stereocenters. The molecule has 1 aliphatic rings. The third-order valence-electron chi connectivity index (χ3n) is 4.51. The summed E-state index contributed by atoms with van der Waals surface area (Å²) in [6, 6.07) is 5.37. The monoisotopic (exact) mass is 293 g/mol. The Kier molecular flexibility index (Phi) is 4.30. The number of aliphatic carboxylic acids is 1. The summed E-state index contributed by atoms with van der Waals surface area (Å²) in [5, 5.41) is 9.09. The molecule has 1 aromatic rings. The first kappa shape index (κ1) is 15.5. The number of benzene rings is 1. The Bertz CT molecular complexity index is 552. The van der Waals surface area contributed by atoms with Crippen molar-refractivity contribution in [3.63, 3.8) is 0 Å². The third-order valence-corrected chi connectivity index (χ3v) is 4.51. The minimum atomic E-state index is -1.06. The predicted molar refractivity (Wildman–Crippen MR) is 76.4 cm³/mol. The first-order valence-electron chi connectivity index (χ1n) is 7.15. The second-order valence-electron chi connectivity index (χ2n) is 5.70. The Morgan fingerprint density at radius 1 is 1.29 bits per heavy atom. The molecule has 114 valence electrons. The van der Waals surface area contributed by atoms with E-state index in [0.29, 0.717) is 18.4 Å². The lowest BCUT2D eigenvalue weighted by atomic mass is 9.77. The molecule has 2 rings (SSSR count). The molecule has 21 heavy (non-hydrogen) atoms. The van der Waals surface area contributed by atoms with Crippen LogP contribution in [-0.2, 0) is 15.0 Å². The fourth-order valence-electron chi connectivity index (χ4n) is 3.11. The number of nitrogens with zero attached hydrogens (tertiary/aromatic N) is 1. The maximum Gasteiger partial charge on any atom is 0.326 e. The highest BCUT2D eigenvalue weighted by Crippen LogP contribution is 2.43. The third kappa shape index (κ3) is 2.64. The topological polar surface area (TPSA) is 57.6 Å². The molecule has 0 bridgehead atoms. The van der Waals surface area contributed by atoms with E-state index in [9.17, 15) is 14.0 Å². The molecule has 0 aliphatic heterocycles. The van der Waals surface area contributed by atoms with Gasteiger partial charge < -0.3 is 10.0 Å². The van der Waals surface area contributed by atoms with Gasteiger partial charge in [0.05, 0.1) is 5.41 Å². The molecular weight excluding hydrogens is 273 g/mol. The van der Waals surface area contributed by atoms with E-state index in [-0.39, 0.29) is 5.91 Å². The SMILES string of the molecule is CC(C(=O)O)N(C)C(=O)C1(c2ccccc2F)CCCC1. The van der Waals surface area contributed by atoms with Gasteiger partial charge in [0.25, 0.3) is 0 Å². The molecule has 5 heteroatoms. The first-order valence-corrected chi connectivity index (χ1v) is 7.15. The minimum Gasteiger partial charge on any atom is -0.480 e. The van der Waals surface area contributed by atoms with Gasteiger partial charge in [-0.2, -0.15) is 0 Å². The van der Waals surface area contributed by atoms with Crippen LogP contribution in [0.3, 0.4) is 0 Å². The first-order chi connectivity index (χ1) is 9.90. The van der Waals surface area contributed by atoms with Crippen molar-refractivity contribution in [2.45, 2.75) is 44.1 Å². The molecule has 4 nitrogen and oxygen atoms in total. The molecule has 0 aromatic heterocycles. The largest absolute Gasteiger partial charge is 0.480 e. The van der Waals surface area contributed by atoms with E-state index in [0.717, 1.165) is 12.8 Å². The summed E-state index contributed by atoms with van der Waals surface area (Å²) in [5.41, 5.74) is -0.541. The average Bonchev–Trinajstić information content (AvgIpc) is 2.95. The van der Waals surface area contributed by atoms with Gasteiger partial charge in [0.2, 0.25) is 5.91 Å². The molecule has 0 saturated heterocycles. The van der Waals surface area contributed by atoms with Crippen molar-refractivity contribution >= 4 is 11.9 Å². The Morgan fingerprint density at radius 3 is 2.38 bits per heavy atom. The van der Waals surface area contributed by atoms with Gasteiger partial charge in [0.15, 0.2) is 0 Å². The van der Waals surface area contributed by atoms with Crippen molar-refractivity contribution in [3.8, 4) is 0 Å². The number of likely N-dealkylation sites (N-methyl/N-ethyl adjacent to an activating group) is 1. The summed E-state index contributed by atoms with van der Waals surface area (Å²) in [7, 11) is 1.47. The lowest BCUT2D eigenvalue weighted by Gasteiger charge is -2.34. The summed E-state index contributed by atoms with van der Waals surface area (Å²) < 4.78 is 14.2. The Hall–Kier alpha value is -1.91. The van der Waals surface area contributed by atoms with Gasteiger partial charge >= 0.3 is 5.97 Å². The van der Waals surface area contributed by atoms with Crippen LogP contribution in [0.25, 0.3) is 0 Å². The van der Waals surface area contributed by atoms with Crippen LogP contribution in [0.2, 0.25) is 0 Å². The van der Waals surface area contributed by atoms with E-state index in [4.69, 9.17) is 5.11 Å². The van der Waals surface area contributed by atoms with Crippen molar-refractivity contribution < 1.29 is 19.1 Å². The molecule has 0 heterocycles. The van der Waals surface area contributed by atoms with Crippen molar-refractivity contribution in [1.29, 1.82) is 0 Å². The number of amides is 1. The standard InChI is InChI=1S/C16H20FNO3/c1-11(14(19)20)18(2)15(21)16(9-5-6-10-16)12-7-3-4-8-13(12)17/h3-4,7-8,11H,5-6,9-10H2,1-2H3,(H,19,20). The van der Waals surface area contributed by atoms with Crippen molar-refractivity contribution in [2.24, 2.45) is 0 Å².